The number of fused-ring (bicyclic) bond motifs is 1. The van der Waals surface area contributed by atoms with Gasteiger partial charge in [0.1, 0.15) is 29.1 Å². The highest BCUT2D eigenvalue weighted by molar-refractivity contribution is 5.93. The van der Waals surface area contributed by atoms with Crippen LogP contribution in [0, 0.1) is 12.7 Å². The predicted octanol–water partition coefficient (Wildman–Crippen LogP) is 5.36. The van der Waals surface area contributed by atoms with Gasteiger partial charge in [-0.15, -0.1) is 0 Å². The van der Waals surface area contributed by atoms with Crippen LogP contribution < -0.4 is 20.7 Å². The Balaban J connectivity index is 0.967. The molecule has 4 N–H and O–H groups in total. The lowest BCUT2D eigenvalue weighted by atomic mass is 9.90. The summed E-state index contributed by atoms with van der Waals surface area (Å²) in [5.41, 5.74) is 5.67. The molecule has 49 heavy (non-hydrogen) atoms. The normalized spacial score (nSPS) is 19.1. The fraction of sp³-hybridized carbons (Fsp3) is 0.342. The highest BCUT2D eigenvalue weighted by Crippen LogP contribution is 2.32. The van der Waals surface area contributed by atoms with E-state index < -0.39 is 12.0 Å². The molecule has 0 bridgehead atoms. The summed E-state index contributed by atoms with van der Waals surface area (Å²) in [5.74, 6) is -0.0878. The van der Waals surface area contributed by atoms with Crippen molar-refractivity contribution in [3.05, 3.63) is 114 Å². The van der Waals surface area contributed by atoms with Crippen molar-refractivity contribution in [2.45, 2.75) is 57.5 Å². The SMILES string of the molecule is Cc1cccc2nc(C(=O)NC3CCC(NC(O)c4cc(F)cnc4Oc4cccc(-c5cccc(CN6CCNCC6)c5)c4)CC3)cn12. The number of aryl methyl sites for hydroxylation is 1. The molecular weight excluding hydrogens is 621 g/mol. The number of rotatable bonds is 10. The Labute approximate surface area is 285 Å². The Hall–Kier alpha value is -4.68. The van der Waals surface area contributed by atoms with E-state index in [1.54, 1.807) is 6.20 Å². The lowest BCUT2D eigenvalue weighted by Gasteiger charge is -2.31. The fourth-order valence-corrected chi connectivity index (χ4v) is 6.79. The van der Waals surface area contributed by atoms with Gasteiger partial charge in [0.15, 0.2) is 0 Å². The van der Waals surface area contributed by atoms with Crippen LogP contribution in [0.4, 0.5) is 4.39 Å². The zero-order valence-corrected chi connectivity index (χ0v) is 27.6. The number of halogens is 1. The molecule has 0 spiro atoms. The van der Waals surface area contributed by atoms with Gasteiger partial charge in [-0.25, -0.2) is 14.4 Å². The first-order chi connectivity index (χ1) is 23.9. The third-order valence-electron chi connectivity index (χ3n) is 9.45. The lowest BCUT2D eigenvalue weighted by molar-refractivity contribution is 0.0892. The molecule has 1 saturated carbocycles. The second kappa shape index (κ2) is 14.8. The molecule has 0 radical (unpaired) electrons. The average molecular weight is 664 g/mol. The highest BCUT2D eigenvalue weighted by Gasteiger charge is 2.27. The van der Waals surface area contributed by atoms with Crippen molar-refractivity contribution < 1.29 is 19.0 Å². The van der Waals surface area contributed by atoms with Crippen molar-refractivity contribution in [2.24, 2.45) is 0 Å². The fourth-order valence-electron chi connectivity index (χ4n) is 6.79. The Bertz CT molecular complexity index is 1920. The number of benzene rings is 2. The van der Waals surface area contributed by atoms with Crippen LogP contribution in [0.5, 0.6) is 11.6 Å². The van der Waals surface area contributed by atoms with Gasteiger partial charge < -0.3 is 24.9 Å². The van der Waals surface area contributed by atoms with E-state index in [-0.39, 0.29) is 29.4 Å². The van der Waals surface area contributed by atoms with Gasteiger partial charge in [-0.2, -0.15) is 0 Å². The first-order valence-corrected chi connectivity index (χ1v) is 17.0. The Morgan fingerprint density at radius 2 is 1.73 bits per heavy atom. The monoisotopic (exact) mass is 663 g/mol. The zero-order chi connectivity index (χ0) is 33.7. The van der Waals surface area contributed by atoms with Crippen LogP contribution in [0.3, 0.4) is 0 Å². The van der Waals surface area contributed by atoms with Gasteiger partial charge in [0.2, 0.25) is 5.88 Å². The average Bonchev–Trinajstić information content (AvgIpc) is 3.57. The predicted molar refractivity (Wildman–Crippen MR) is 186 cm³/mol. The van der Waals surface area contributed by atoms with Gasteiger partial charge >= 0.3 is 0 Å². The summed E-state index contributed by atoms with van der Waals surface area (Å²) in [6, 6.07) is 23.2. The Kier molecular flexibility index (Phi) is 9.94. The van der Waals surface area contributed by atoms with Gasteiger partial charge in [-0.05, 0) is 85.7 Å². The third-order valence-corrected chi connectivity index (χ3v) is 9.45. The van der Waals surface area contributed by atoms with Crippen molar-refractivity contribution >= 4 is 11.6 Å². The van der Waals surface area contributed by atoms with Crippen molar-refractivity contribution in [3.63, 3.8) is 0 Å². The number of nitrogens with one attached hydrogen (secondary N) is 3. The maximum atomic E-state index is 14.4. The van der Waals surface area contributed by atoms with E-state index in [4.69, 9.17) is 4.74 Å². The third kappa shape index (κ3) is 7.97. The number of carbonyl (C=O) groups excluding carboxylic acids is 1. The van der Waals surface area contributed by atoms with Crippen LogP contribution in [0.25, 0.3) is 16.8 Å². The second-order valence-electron chi connectivity index (χ2n) is 13.0. The number of pyridine rings is 2. The van der Waals surface area contributed by atoms with Gasteiger partial charge in [-0.3, -0.25) is 15.0 Å². The molecule has 5 aromatic rings. The molecular formula is C38H42FN7O3. The molecule has 7 rings (SSSR count). The minimum atomic E-state index is -1.19. The molecule has 11 heteroatoms. The maximum Gasteiger partial charge on any atom is 0.271 e. The maximum absolute atomic E-state index is 14.4. The number of imidazole rings is 1. The van der Waals surface area contributed by atoms with E-state index in [2.05, 4.69) is 55.1 Å². The van der Waals surface area contributed by atoms with E-state index in [0.29, 0.717) is 11.4 Å². The van der Waals surface area contributed by atoms with Crippen LogP contribution in [-0.2, 0) is 6.54 Å². The molecule has 1 saturated heterocycles. The van der Waals surface area contributed by atoms with Crippen molar-refractivity contribution in [1.82, 2.24) is 35.2 Å². The van der Waals surface area contributed by atoms with Crippen molar-refractivity contribution in [2.75, 3.05) is 26.2 Å². The summed E-state index contributed by atoms with van der Waals surface area (Å²) in [4.78, 5) is 24.1. The van der Waals surface area contributed by atoms with Crippen LogP contribution in [0.15, 0.2) is 85.2 Å². The summed E-state index contributed by atoms with van der Waals surface area (Å²) >= 11 is 0. The van der Waals surface area contributed by atoms with Crippen LogP contribution in [-0.4, -0.2) is 68.5 Å². The number of carbonyl (C=O) groups is 1. The Morgan fingerprint density at radius 3 is 2.53 bits per heavy atom. The number of ether oxygens (including phenoxy) is 1. The summed E-state index contributed by atoms with van der Waals surface area (Å²) in [6.07, 6.45) is 4.57. The first-order valence-electron chi connectivity index (χ1n) is 17.0. The molecule has 1 atom stereocenters. The second-order valence-corrected chi connectivity index (χ2v) is 13.0. The zero-order valence-electron chi connectivity index (χ0n) is 27.6. The quantitative estimate of drug-likeness (QED) is 0.148. The van der Waals surface area contributed by atoms with E-state index in [1.165, 1.54) is 11.6 Å². The number of aromatic nitrogens is 3. The summed E-state index contributed by atoms with van der Waals surface area (Å²) in [6.45, 7) is 6.96. The molecule has 1 aliphatic carbocycles. The number of aliphatic hydroxyl groups is 1. The number of amides is 1. The number of piperazine rings is 1. The van der Waals surface area contributed by atoms with E-state index in [1.807, 2.05) is 53.8 Å². The minimum absolute atomic E-state index is 0.00151. The number of hydrogen-bond donors (Lipinski definition) is 4. The molecule has 2 aromatic carbocycles. The summed E-state index contributed by atoms with van der Waals surface area (Å²) in [7, 11) is 0. The first kappa shape index (κ1) is 32.8. The molecule has 10 nitrogen and oxygen atoms in total. The number of aliphatic hydroxyl groups excluding tert-OH is 1. The van der Waals surface area contributed by atoms with Crippen molar-refractivity contribution in [3.8, 4) is 22.8 Å². The van der Waals surface area contributed by atoms with Crippen LogP contribution in [0.1, 0.15) is 59.2 Å². The molecule has 2 aliphatic rings. The van der Waals surface area contributed by atoms with E-state index in [0.717, 1.165) is 87.1 Å². The van der Waals surface area contributed by atoms with Gasteiger partial charge in [0, 0.05) is 56.7 Å². The van der Waals surface area contributed by atoms with E-state index in [9.17, 15) is 14.3 Å². The Morgan fingerprint density at radius 1 is 1.00 bits per heavy atom. The lowest BCUT2D eigenvalue weighted by Crippen LogP contribution is -2.43. The molecule has 1 amide bonds. The molecule has 2 fully saturated rings. The van der Waals surface area contributed by atoms with Crippen LogP contribution in [0.2, 0.25) is 0 Å². The molecule has 1 unspecified atom stereocenters. The molecule has 4 heterocycles. The molecule has 1 aliphatic heterocycles. The number of hydrogen-bond acceptors (Lipinski definition) is 8. The standard InChI is InChI=1S/C38H42FN7O3/c1-25-5-2-10-35-44-34(24-46(25)35)37(48)43-31-13-11-30(12-14-31)42-36(47)33-21-29(39)22-41-38(33)49-32-9-4-8-28(20-32)27-7-3-6-26(19-27)23-45-17-15-40-16-18-45/h2-10,19-22,24,30-31,36,40,42,47H,11-18,23H2,1H3,(H,43,48). The van der Waals surface area contributed by atoms with Gasteiger partial charge in [0.25, 0.3) is 5.91 Å². The molecule has 254 valence electrons. The van der Waals surface area contributed by atoms with Gasteiger partial charge in [0.05, 0.1) is 11.8 Å². The topological polar surface area (TPSA) is 116 Å². The highest BCUT2D eigenvalue weighted by atomic mass is 19.1. The van der Waals surface area contributed by atoms with Crippen molar-refractivity contribution in [1.29, 1.82) is 0 Å². The van der Waals surface area contributed by atoms with E-state index >= 15 is 0 Å². The minimum Gasteiger partial charge on any atom is -0.439 e. The smallest absolute Gasteiger partial charge is 0.271 e. The summed E-state index contributed by atoms with van der Waals surface area (Å²) < 4.78 is 22.5. The summed E-state index contributed by atoms with van der Waals surface area (Å²) in [5, 5.41) is 21.0. The van der Waals surface area contributed by atoms with Crippen LogP contribution >= 0.6 is 0 Å². The van der Waals surface area contributed by atoms with Gasteiger partial charge in [-0.1, -0.05) is 36.4 Å². The largest absolute Gasteiger partial charge is 0.439 e. The number of nitrogens with zero attached hydrogens (tertiary/aromatic N) is 4. The molecule has 3 aromatic heterocycles.